The van der Waals surface area contributed by atoms with Crippen LogP contribution in [-0.2, 0) is 14.3 Å². The first-order chi connectivity index (χ1) is 11.1. The summed E-state index contributed by atoms with van der Waals surface area (Å²) in [5, 5.41) is 5.08. The van der Waals surface area contributed by atoms with Gasteiger partial charge in [-0.15, -0.1) is 12.4 Å². The molecule has 25 heavy (non-hydrogen) atoms. The summed E-state index contributed by atoms with van der Waals surface area (Å²) in [6.07, 6.45) is 0.251. The molecule has 2 rings (SSSR count). The second-order valence-electron chi connectivity index (χ2n) is 6.67. The van der Waals surface area contributed by atoms with Crippen molar-refractivity contribution in [3.05, 3.63) is 24.0 Å². The van der Waals surface area contributed by atoms with Crippen molar-refractivity contribution < 1.29 is 18.7 Å². The van der Waals surface area contributed by atoms with E-state index in [-0.39, 0.29) is 30.1 Å². The first kappa shape index (κ1) is 21.3. The average Bonchev–Trinajstić information content (AvgIpc) is 2.49. The second-order valence-corrected chi connectivity index (χ2v) is 6.67. The molecule has 1 saturated carbocycles. The number of amides is 2. The van der Waals surface area contributed by atoms with Gasteiger partial charge in [0.15, 0.2) is 0 Å². The van der Waals surface area contributed by atoms with Crippen molar-refractivity contribution in [3.63, 3.8) is 0 Å². The Morgan fingerprint density at radius 2 is 2.00 bits per heavy atom. The van der Waals surface area contributed by atoms with Crippen LogP contribution in [0.25, 0.3) is 0 Å². The van der Waals surface area contributed by atoms with Gasteiger partial charge in [-0.05, 0) is 25.1 Å². The fourth-order valence-electron chi connectivity index (χ4n) is 2.96. The molecule has 1 aliphatic carbocycles. The maximum absolute atomic E-state index is 14.0. The van der Waals surface area contributed by atoms with E-state index in [0.717, 1.165) is 0 Å². The lowest BCUT2D eigenvalue weighted by Crippen LogP contribution is -2.74. The molecule has 0 bridgehead atoms. The number of hydrogen-bond acceptors (Lipinski definition) is 4. The lowest BCUT2D eigenvalue weighted by atomic mass is 9.54. The van der Waals surface area contributed by atoms with Gasteiger partial charge in [-0.3, -0.25) is 9.59 Å². The minimum Gasteiger partial charge on any atom is -0.378 e. The minimum absolute atomic E-state index is 0. The number of rotatable bonds is 5. The van der Waals surface area contributed by atoms with Gasteiger partial charge in [0.1, 0.15) is 11.4 Å². The topological polar surface area (TPSA) is 93.4 Å². The van der Waals surface area contributed by atoms with E-state index < -0.39 is 22.7 Å². The van der Waals surface area contributed by atoms with Crippen LogP contribution < -0.4 is 16.4 Å². The van der Waals surface area contributed by atoms with Gasteiger partial charge in [0.25, 0.3) is 0 Å². The highest BCUT2D eigenvalue weighted by atomic mass is 35.5. The smallest absolute Gasteiger partial charge is 0.245 e. The van der Waals surface area contributed by atoms with Gasteiger partial charge in [0, 0.05) is 31.1 Å². The van der Waals surface area contributed by atoms with Crippen molar-refractivity contribution in [1.82, 2.24) is 0 Å². The second kappa shape index (κ2) is 7.68. The molecule has 1 aliphatic rings. The number of halogens is 2. The average molecular weight is 374 g/mol. The van der Waals surface area contributed by atoms with E-state index in [9.17, 15) is 14.0 Å². The number of benzene rings is 1. The molecule has 8 heteroatoms. The van der Waals surface area contributed by atoms with Crippen molar-refractivity contribution in [2.45, 2.75) is 45.8 Å². The highest BCUT2D eigenvalue weighted by molar-refractivity contribution is 6.00. The molecule has 1 aromatic carbocycles. The first-order valence-electron chi connectivity index (χ1n) is 7.91. The molecule has 1 fully saturated rings. The van der Waals surface area contributed by atoms with Gasteiger partial charge >= 0.3 is 0 Å². The van der Waals surface area contributed by atoms with Crippen LogP contribution in [0.3, 0.4) is 0 Å². The van der Waals surface area contributed by atoms with Gasteiger partial charge in [0.2, 0.25) is 11.8 Å². The van der Waals surface area contributed by atoms with Gasteiger partial charge in [0.05, 0.1) is 11.8 Å². The minimum atomic E-state index is -1.15. The first-order valence-corrected chi connectivity index (χ1v) is 7.91. The lowest BCUT2D eigenvalue weighted by Gasteiger charge is -2.57. The molecule has 0 heterocycles. The molecule has 1 aromatic rings. The van der Waals surface area contributed by atoms with Crippen LogP contribution in [0.1, 0.15) is 34.1 Å². The lowest BCUT2D eigenvalue weighted by molar-refractivity contribution is -0.166. The zero-order chi connectivity index (χ0) is 18.1. The summed E-state index contributed by atoms with van der Waals surface area (Å²) >= 11 is 0. The van der Waals surface area contributed by atoms with Crippen LogP contribution in [0.2, 0.25) is 0 Å². The summed E-state index contributed by atoms with van der Waals surface area (Å²) in [6, 6.07) is 3.96. The number of nitrogens with one attached hydrogen (secondary N) is 2. The third-order valence-corrected chi connectivity index (χ3v) is 4.77. The molecule has 0 saturated heterocycles. The number of hydrogen-bond donors (Lipinski definition) is 3. The predicted molar refractivity (Wildman–Crippen MR) is 97.3 cm³/mol. The normalized spacial score (nSPS) is 23.8. The number of anilines is 2. The van der Waals surface area contributed by atoms with Crippen molar-refractivity contribution in [3.8, 4) is 0 Å². The predicted octanol–water partition coefficient (Wildman–Crippen LogP) is 2.68. The molecule has 2 unspecified atom stereocenters. The Kier molecular flexibility index (Phi) is 6.55. The molecule has 2 atom stereocenters. The molecule has 0 radical (unpaired) electrons. The Bertz CT molecular complexity index is 669. The number of nitrogens with two attached hydrogens (primary N) is 1. The molecule has 4 N–H and O–H groups in total. The number of carbonyl (C=O) groups excluding carboxylic acids is 2. The van der Waals surface area contributed by atoms with E-state index in [2.05, 4.69) is 10.6 Å². The fraction of sp³-hybridized carbons (Fsp3) is 0.529. The number of ether oxygens (including phenoxy) is 1. The highest BCUT2D eigenvalue weighted by Crippen LogP contribution is 2.50. The van der Waals surface area contributed by atoms with Crippen molar-refractivity contribution in [2.75, 3.05) is 17.2 Å². The van der Waals surface area contributed by atoms with E-state index in [4.69, 9.17) is 10.5 Å². The summed E-state index contributed by atoms with van der Waals surface area (Å²) in [6.45, 7) is 7.50. The quantitative estimate of drug-likeness (QED) is 0.739. The van der Waals surface area contributed by atoms with E-state index in [1.807, 2.05) is 20.8 Å². The molecule has 6 nitrogen and oxygen atoms in total. The monoisotopic (exact) mass is 373 g/mol. The molecule has 0 aliphatic heterocycles. The Hall–Kier alpha value is -1.70. The van der Waals surface area contributed by atoms with Crippen LogP contribution in [0.15, 0.2) is 18.2 Å². The standard InChI is InChI=1S/C17H24FN3O3.ClH/c1-5-24-14-9-17(19,16(14,3)4)15(23)21-13-8-11(20-10(2)22)6-7-12(13)18;/h6-8,14H,5,9,19H2,1-4H3,(H,20,22)(H,21,23);1H. The third-order valence-electron chi connectivity index (χ3n) is 4.77. The van der Waals surface area contributed by atoms with Gasteiger partial charge in [-0.25, -0.2) is 4.39 Å². The van der Waals surface area contributed by atoms with Gasteiger partial charge < -0.3 is 21.1 Å². The zero-order valence-electron chi connectivity index (χ0n) is 14.8. The summed E-state index contributed by atoms with van der Waals surface area (Å²) < 4.78 is 19.6. The maximum Gasteiger partial charge on any atom is 0.245 e. The van der Waals surface area contributed by atoms with Crippen molar-refractivity contribution >= 4 is 35.6 Å². The van der Waals surface area contributed by atoms with E-state index in [1.54, 1.807) is 0 Å². The Morgan fingerprint density at radius 1 is 1.36 bits per heavy atom. The van der Waals surface area contributed by atoms with Crippen molar-refractivity contribution in [1.29, 1.82) is 0 Å². The van der Waals surface area contributed by atoms with Crippen LogP contribution in [0, 0.1) is 11.2 Å². The highest BCUT2D eigenvalue weighted by Gasteiger charge is 2.62. The Labute approximate surface area is 153 Å². The van der Waals surface area contributed by atoms with Gasteiger partial charge in [-0.1, -0.05) is 13.8 Å². The van der Waals surface area contributed by atoms with Gasteiger partial charge in [-0.2, -0.15) is 0 Å². The Morgan fingerprint density at radius 3 is 2.52 bits per heavy atom. The summed E-state index contributed by atoms with van der Waals surface area (Å²) in [4.78, 5) is 23.7. The molecule has 0 spiro atoms. The number of carbonyl (C=O) groups is 2. The fourth-order valence-corrected chi connectivity index (χ4v) is 2.96. The molecular formula is C17H25ClFN3O3. The molecule has 0 aromatic heterocycles. The van der Waals surface area contributed by atoms with E-state index in [1.165, 1.54) is 25.1 Å². The summed E-state index contributed by atoms with van der Waals surface area (Å²) in [7, 11) is 0. The van der Waals surface area contributed by atoms with E-state index in [0.29, 0.717) is 18.7 Å². The van der Waals surface area contributed by atoms with Crippen LogP contribution >= 0.6 is 12.4 Å². The largest absolute Gasteiger partial charge is 0.378 e. The molecular weight excluding hydrogens is 349 g/mol. The maximum atomic E-state index is 14.0. The van der Waals surface area contributed by atoms with Crippen LogP contribution in [0.4, 0.5) is 15.8 Å². The van der Waals surface area contributed by atoms with Crippen LogP contribution in [0.5, 0.6) is 0 Å². The summed E-state index contributed by atoms with van der Waals surface area (Å²) in [5.74, 6) is -1.35. The summed E-state index contributed by atoms with van der Waals surface area (Å²) in [5.41, 5.74) is 4.93. The van der Waals surface area contributed by atoms with Crippen molar-refractivity contribution in [2.24, 2.45) is 11.1 Å². The molecule has 2 amide bonds. The SMILES string of the molecule is CCOC1CC(N)(C(=O)Nc2cc(NC(C)=O)ccc2F)C1(C)C.Cl. The zero-order valence-corrected chi connectivity index (χ0v) is 15.6. The van der Waals surface area contributed by atoms with Crippen LogP contribution in [-0.4, -0.2) is 30.1 Å². The molecule has 140 valence electrons. The Balaban J connectivity index is 0.00000312. The third kappa shape index (κ3) is 3.94. The van der Waals surface area contributed by atoms with E-state index >= 15 is 0 Å².